The average molecular weight is 369 g/mol. The van der Waals surface area contributed by atoms with Gasteiger partial charge in [-0.3, -0.25) is 4.79 Å². The van der Waals surface area contributed by atoms with Crippen molar-refractivity contribution in [2.45, 2.75) is 44.4 Å². The van der Waals surface area contributed by atoms with Crippen LogP contribution in [0.1, 0.15) is 49.1 Å². The third kappa shape index (κ3) is 5.16. The lowest BCUT2D eigenvalue weighted by Crippen LogP contribution is -2.43. The second kappa shape index (κ2) is 9.14. The van der Waals surface area contributed by atoms with Crippen LogP contribution in [0.2, 0.25) is 0 Å². The van der Waals surface area contributed by atoms with Gasteiger partial charge in [0.15, 0.2) is 0 Å². The molecule has 3 nitrogen and oxygen atoms in total. The van der Waals surface area contributed by atoms with E-state index in [1.807, 2.05) is 30.3 Å². The fraction of sp³-hybridized carbons (Fsp3) is 0.435. The Kier molecular flexibility index (Phi) is 6.62. The maximum atomic E-state index is 13.3. The van der Waals surface area contributed by atoms with Gasteiger partial charge in [0.05, 0.1) is 12.5 Å². The van der Waals surface area contributed by atoms with Crippen molar-refractivity contribution in [3.8, 4) is 0 Å². The molecule has 1 saturated carbocycles. The number of amides is 1. The van der Waals surface area contributed by atoms with E-state index in [0.29, 0.717) is 13.0 Å². The predicted octanol–water partition coefficient (Wildman–Crippen LogP) is 4.21. The van der Waals surface area contributed by atoms with Gasteiger partial charge in [-0.15, -0.1) is 0 Å². The number of carbonyl (C=O) groups is 1. The molecule has 2 aromatic carbocycles. The zero-order valence-electron chi connectivity index (χ0n) is 15.7. The molecule has 1 fully saturated rings. The van der Waals surface area contributed by atoms with Crippen LogP contribution in [0, 0.1) is 11.2 Å². The maximum absolute atomic E-state index is 13.3. The Morgan fingerprint density at radius 3 is 2.33 bits per heavy atom. The number of aliphatic hydroxyl groups is 1. The molecule has 1 aliphatic rings. The fourth-order valence-electron chi connectivity index (χ4n) is 4.00. The minimum absolute atomic E-state index is 0.0659. The molecule has 144 valence electrons. The Balaban J connectivity index is 1.74. The van der Waals surface area contributed by atoms with Crippen LogP contribution >= 0.6 is 0 Å². The first-order valence-electron chi connectivity index (χ1n) is 9.80. The highest BCUT2D eigenvalue weighted by Crippen LogP contribution is 2.35. The van der Waals surface area contributed by atoms with Gasteiger partial charge in [-0.2, -0.15) is 0 Å². The van der Waals surface area contributed by atoms with Crippen LogP contribution in [0.4, 0.5) is 4.39 Å². The quantitative estimate of drug-likeness (QED) is 0.768. The summed E-state index contributed by atoms with van der Waals surface area (Å²) in [6.07, 6.45) is 5.85. The van der Waals surface area contributed by atoms with Gasteiger partial charge in [0.25, 0.3) is 0 Å². The maximum Gasteiger partial charge on any atom is 0.227 e. The molecule has 1 atom stereocenters. The molecule has 0 bridgehead atoms. The van der Waals surface area contributed by atoms with Gasteiger partial charge in [-0.25, -0.2) is 4.39 Å². The summed E-state index contributed by atoms with van der Waals surface area (Å²) in [5.41, 5.74) is 1.67. The van der Waals surface area contributed by atoms with Gasteiger partial charge < -0.3 is 10.4 Å². The molecule has 0 heterocycles. The van der Waals surface area contributed by atoms with E-state index in [1.54, 1.807) is 12.1 Å². The molecule has 1 unspecified atom stereocenters. The number of halogens is 1. The zero-order valence-corrected chi connectivity index (χ0v) is 15.7. The van der Waals surface area contributed by atoms with Gasteiger partial charge >= 0.3 is 0 Å². The van der Waals surface area contributed by atoms with Crippen LogP contribution in [0.25, 0.3) is 0 Å². The molecule has 0 radical (unpaired) electrons. The SMILES string of the molecule is O=C(NCC1(CO)CCCCC1)C(Cc1ccccc1)c1ccc(F)cc1. The second-order valence-corrected chi connectivity index (χ2v) is 7.73. The van der Waals surface area contributed by atoms with Crippen molar-refractivity contribution in [3.05, 3.63) is 71.5 Å². The molecular weight excluding hydrogens is 341 g/mol. The van der Waals surface area contributed by atoms with E-state index in [9.17, 15) is 14.3 Å². The Morgan fingerprint density at radius 2 is 1.70 bits per heavy atom. The number of hydrogen-bond donors (Lipinski definition) is 2. The average Bonchev–Trinajstić information content (AvgIpc) is 2.72. The van der Waals surface area contributed by atoms with Crippen LogP contribution in [0.5, 0.6) is 0 Å². The number of benzene rings is 2. The zero-order chi connectivity index (χ0) is 19.1. The highest BCUT2D eigenvalue weighted by molar-refractivity contribution is 5.84. The van der Waals surface area contributed by atoms with Gasteiger partial charge in [-0.1, -0.05) is 61.7 Å². The third-order valence-corrected chi connectivity index (χ3v) is 5.76. The first kappa shape index (κ1) is 19.6. The summed E-state index contributed by atoms with van der Waals surface area (Å²) < 4.78 is 13.3. The standard InChI is InChI=1S/C23H28FNO2/c24-20-11-9-19(10-12-20)21(15-18-7-3-1-4-8-18)22(27)25-16-23(17-26)13-5-2-6-14-23/h1,3-4,7-12,21,26H,2,5-6,13-17H2,(H,25,27). The highest BCUT2D eigenvalue weighted by Gasteiger charge is 2.32. The predicted molar refractivity (Wildman–Crippen MR) is 105 cm³/mol. The van der Waals surface area contributed by atoms with Crippen molar-refractivity contribution in [2.24, 2.45) is 5.41 Å². The Labute approximate surface area is 160 Å². The van der Waals surface area contributed by atoms with Crippen molar-refractivity contribution >= 4 is 5.91 Å². The summed E-state index contributed by atoms with van der Waals surface area (Å²) in [4.78, 5) is 13.0. The lowest BCUT2D eigenvalue weighted by atomic mass is 9.74. The normalized spacial score (nSPS) is 17.3. The van der Waals surface area contributed by atoms with E-state index in [-0.39, 0.29) is 29.7 Å². The number of hydrogen-bond acceptors (Lipinski definition) is 2. The molecule has 4 heteroatoms. The van der Waals surface area contributed by atoms with E-state index >= 15 is 0 Å². The summed E-state index contributed by atoms with van der Waals surface area (Å²) in [7, 11) is 0. The molecule has 2 aromatic rings. The largest absolute Gasteiger partial charge is 0.396 e. The van der Waals surface area contributed by atoms with Gasteiger partial charge in [-0.05, 0) is 42.5 Å². The van der Waals surface area contributed by atoms with Crippen molar-refractivity contribution in [1.29, 1.82) is 0 Å². The van der Waals surface area contributed by atoms with Crippen molar-refractivity contribution in [1.82, 2.24) is 5.32 Å². The lowest BCUT2D eigenvalue weighted by Gasteiger charge is -2.36. The van der Waals surface area contributed by atoms with Crippen LogP contribution < -0.4 is 5.32 Å². The van der Waals surface area contributed by atoms with E-state index < -0.39 is 0 Å². The Morgan fingerprint density at radius 1 is 1.04 bits per heavy atom. The van der Waals surface area contributed by atoms with Crippen LogP contribution in [0.3, 0.4) is 0 Å². The molecule has 3 rings (SSSR count). The topological polar surface area (TPSA) is 49.3 Å². The smallest absolute Gasteiger partial charge is 0.227 e. The first-order valence-corrected chi connectivity index (χ1v) is 9.80. The van der Waals surface area contributed by atoms with E-state index in [0.717, 1.165) is 36.8 Å². The number of carbonyl (C=O) groups excluding carboxylic acids is 1. The molecule has 0 aromatic heterocycles. The Hall–Kier alpha value is -2.20. The lowest BCUT2D eigenvalue weighted by molar-refractivity contribution is -0.123. The molecule has 2 N–H and O–H groups in total. The highest BCUT2D eigenvalue weighted by atomic mass is 19.1. The minimum Gasteiger partial charge on any atom is -0.396 e. The second-order valence-electron chi connectivity index (χ2n) is 7.73. The van der Waals surface area contributed by atoms with E-state index in [4.69, 9.17) is 0 Å². The molecule has 27 heavy (non-hydrogen) atoms. The Bertz CT molecular complexity index is 724. The van der Waals surface area contributed by atoms with Crippen LogP contribution in [-0.2, 0) is 11.2 Å². The molecule has 1 amide bonds. The van der Waals surface area contributed by atoms with Gasteiger partial charge in [0.1, 0.15) is 5.82 Å². The molecule has 1 aliphatic carbocycles. The first-order chi connectivity index (χ1) is 13.1. The number of nitrogens with one attached hydrogen (secondary N) is 1. The molecule has 0 aliphatic heterocycles. The van der Waals surface area contributed by atoms with Gasteiger partial charge in [0.2, 0.25) is 5.91 Å². The summed E-state index contributed by atoms with van der Waals surface area (Å²) in [6.45, 7) is 0.599. The fourth-order valence-corrected chi connectivity index (χ4v) is 4.00. The van der Waals surface area contributed by atoms with E-state index in [2.05, 4.69) is 5.32 Å². The van der Waals surface area contributed by atoms with Crippen molar-refractivity contribution in [3.63, 3.8) is 0 Å². The van der Waals surface area contributed by atoms with Crippen molar-refractivity contribution < 1.29 is 14.3 Å². The minimum atomic E-state index is -0.382. The monoisotopic (exact) mass is 369 g/mol. The van der Waals surface area contributed by atoms with Crippen LogP contribution in [-0.4, -0.2) is 24.2 Å². The van der Waals surface area contributed by atoms with E-state index in [1.165, 1.54) is 18.6 Å². The summed E-state index contributed by atoms with van der Waals surface area (Å²) in [5.74, 6) is -0.754. The third-order valence-electron chi connectivity index (χ3n) is 5.76. The summed E-state index contributed by atoms with van der Waals surface area (Å²) >= 11 is 0. The van der Waals surface area contributed by atoms with Gasteiger partial charge in [0, 0.05) is 12.0 Å². The van der Waals surface area contributed by atoms with Crippen molar-refractivity contribution in [2.75, 3.05) is 13.2 Å². The number of aliphatic hydroxyl groups excluding tert-OH is 1. The summed E-state index contributed by atoms with van der Waals surface area (Å²) in [5, 5.41) is 13.0. The summed E-state index contributed by atoms with van der Waals surface area (Å²) in [6, 6.07) is 16.0. The molecular formula is C23H28FNO2. The molecule has 0 saturated heterocycles. The van der Waals surface area contributed by atoms with Crippen LogP contribution in [0.15, 0.2) is 54.6 Å². The molecule has 0 spiro atoms. The number of rotatable bonds is 7.